The summed E-state index contributed by atoms with van der Waals surface area (Å²) in [7, 11) is 0. The van der Waals surface area contributed by atoms with Gasteiger partial charge in [0.05, 0.1) is 5.75 Å². The smallest absolute Gasteiger partial charge is 0.313 e. The molecule has 0 aliphatic rings. The molecule has 0 spiro atoms. The molecule has 0 atom stereocenters. The van der Waals surface area contributed by atoms with Gasteiger partial charge in [0.1, 0.15) is 17.2 Å². The van der Waals surface area contributed by atoms with Crippen LogP contribution in [0.3, 0.4) is 0 Å². The fourth-order valence-corrected chi connectivity index (χ4v) is 2.32. The van der Waals surface area contributed by atoms with Crippen LogP contribution < -0.4 is 16.4 Å². The van der Waals surface area contributed by atoms with Gasteiger partial charge in [0.2, 0.25) is 0 Å². The third-order valence-electron chi connectivity index (χ3n) is 2.87. The van der Waals surface area contributed by atoms with Crippen molar-refractivity contribution in [2.45, 2.75) is 5.16 Å². The molecule has 1 amide bonds. The molecule has 0 saturated carbocycles. The van der Waals surface area contributed by atoms with Crippen molar-refractivity contribution in [3.8, 4) is 0 Å². The molecule has 2 rings (SSSR count). The predicted octanol–water partition coefficient (Wildman–Crippen LogP) is 1.42. The Kier molecular flexibility index (Phi) is 6.66. The summed E-state index contributed by atoms with van der Waals surface area (Å²) in [6.45, 7) is 0.692. The number of carboxylic acid groups (broad SMARTS) is 1. The highest BCUT2D eigenvalue weighted by atomic mass is 32.2. The zero-order chi connectivity index (χ0) is 18.2. The van der Waals surface area contributed by atoms with Crippen LogP contribution in [0, 0.1) is 5.82 Å². The van der Waals surface area contributed by atoms with Crippen LogP contribution in [-0.2, 0) is 4.79 Å². The Morgan fingerprint density at radius 3 is 2.64 bits per heavy atom. The van der Waals surface area contributed by atoms with Crippen LogP contribution in [0.25, 0.3) is 0 Å². The van der Waals surface area contributed by atoms with Gasteiger partial charge in [-0.3, -0.25) is 9.59 Å². The number of aliphatic carboxylic acids is 1. The van der Waals surface area contributed by atoms with Gasteiger partial charge in [0.25, 0.3) is 5.91 Å². The largest absolute Gasteiger partial charge is 0.481 e. The first-order chi connectivity index (χ1) is 12.0. The minimum absolute atomic E-state index is 0.164. The Morgan fingerprint density at radius 1 is 1.28 bits per heavy atom. The number of hydrogen-bond acceptors (Lipinski definition) is 7. The Morgan fingerprint density at radius 2 is 2.00 bits per heavy atom. The number of hydrogen-bond donors (Lipinski definition) is 4. The quantitative estimate of drug-likeness (QED) is 0.408. The Balaban J connectivity index is 2.19. The fraction of sp³-hybridized carbons (Fsp3) is 0.200. The van der Waals surface area contributed by atoms with Gasteiger partial charge in [-0.15, -0.1) is 0 Å². The molecular weight excluding hydrogens is 349 g/mol. The van der Waals surface area contributed by atoms with E-state index in [1.54, 1.807) is 0 Å². The normalized spacial score (nSPS) is 10.3. The van der Waals surface area contributed by atoms with Gasteiger partial charge in [0, 0.05) is 25.0 Å². The fourth-order valence-electron chi connectivity index (χ4n) is 1.78. The van der Waals surface area contributed by atoms with Crippen molar-refractivity contribution < 1.29 is 19.1 Å². The summed E-state index contributed by atoms with van der Waals surface area (Å²) in [6.07, 6.45) is 1.30. The second kappa shape index (κ2) is 8.94. The lowest BCUT2D eigenvalue weighted by Crippen LogP contribution is -2.20. The number of benzene rings is 1. The minimum Gasteiger partial charge on any atom is -0.481 e. The number of nitrogens with two attached hydrogens (primary N) is 1. The first kappa shape index (κ1) is 18.6. The summed E-state index contributed by atoms with van der Waals surface area (Å²) in [5.41, 5.74) is 6.03. The first-order valence-corrected chi connectivity index (χ1v) is 8.20. The number of aromatic nitrogens is 2. The van der Waals surface area contributed by atoms with Gasteiger partial charge in [0.15, 0.2) is 5.16 Å². The van der Waals surface area contributed by atoms with E-state index in [4.69, 9.17) is 10.8 Å². The van der Waals surface area contributed by atoms with Crippen molar-refractivity contribution >= 4 is 35.1 Å². The molecule has 0 fully saturated rings. The van der Waals surface area contributed by atoms with Gasteiger partial charge < -0.3 is 21.5 Å². The van der Waals surface area contributed by atoms with Crippen LogP contribution in [0.1, 0.15) is 10.4 Å². The highest BCUT2D eigenvalue weighted by Crippen LogP contribution is 2.20. The molecule has 0 unspecified atom stereocenters. The van der Waals surface area contributed by atoms with E-state index in [0.29, 0.717) is 18.8 Å². The summed E-state index contributed by atoms with van der Waals surface area (Å²) in [5, 5.41) is 14.5. The average molecular weight is 365 g/mol. The van der Waals surface area contributed by atoms with Gasteiger partial charge >= 0.3 is 5.97 Å². The van der Waals surface area contributed by atoms with E-state index < -0.39 is 17.7 Å². The lowest BCUT2D eigenvalue weighted by Gasteiger charge is -2.11. The van der Waals surface area contributed by atoms with Crippen molar-refractivity contribution in [1.82, 2.24) is 9.97 Å². The van der Waals surface area contributed by atoms with Crippen molar-refractivity contribution in [3.63, 3.8) is 0 Å². The molecule has 10 heteroatoms. The Hall–Kier alpha value is -2.72. The topological polar surface area (TPSA) is 130 Å². The summed E-state index contributed by atoms with van der Waals surface area (Å²) in [4.78, 5) is 31.2. The molecule has 25 heavy (non-hydrogen) atoms. The van der Waals surface area contributed by atoms with E-state index in [2.05, 4.69) is 20.6 Å². The molecule has 8 nitrogen and oxygen atoms in total. The zero-order valence-corrected chi connectivity index (χ0v) is 13.8. The molecule has 0 aliphatic heterocycles. The molecular formula is C15H16FN5O3S. The highest BCUT2D eigenvalue weighted by molar-refractivity contribution is 7.99. The monoisotopic (exact) mass is 365 g/mol. The van der Waals surface area contributed by atoms with Gasteiger partial charge in [-0.2, -0.15) is 0 Å². The number of rotatable bonds is 8. The maximum Gasteiger partial charge on any atom is 0.313 e. The van der Waals surface area contributed by atoms with Crippen molar-refractivity contribution in [1.29, 1.82) is 0 Å². The number of amides is 1. The number of halogens is 1. The van der Waals surface area contributed by atoms with Crippen LogP contribution in [-0.4, -0.2) is 45.8 Å². The zero-order valence-electron chi connectivity index (χ0n) is 13.0. The second-order valence-electron chi connectivity index (χ2n) is 4.77. The van der Waals surface area contributed by atoms with Gasteiger partial charge in [-0.05, 0) is 24.3 Å². The standard InChI is InChI=1S/C15H16FN5O3S/c16-9-1-3-10(4-2-9)20-14(24)11-7-19-15(25-8-12(22)23)21-13(11)18-6-5-17/h1-4,7H,5-6,8,17H2,(H,20,24)(H,22,23)(H,18,19,21). The van der Waals surface area contributed by atoms with Crippen molar-refractivity contribution in [2.24, 2.45) is 5.73 Å². The maximum atomic E-state index is 12.9. The lowest BCUT2D eigenvalue weighted by atomic mass is 10.2. The minimum atomic E-state index is -0.997. The van der Waals surface area contributed by atoms with Crippen LogP contribution >= 0.6 is 11.8 Å². The summed E-state index contributed by atoms with van der Waals surface area (Å²) in [5.74, 6) is -1.85. The van der Waals surface area contributed by atoms with E-state index in [1.165, 1.54) is 30.5 Å². The number of carbonyl (C=O) groups excluding carboxylic acids is 1. The van der Waals surface area contributed by atoms with E-state index in [9.17, 15) is 14.0 Å². The van der Waals surface area contributed by atoms with Crippen LogP contribution in [0.4, 0.5) is 15.9 Å². The second-order valence-corrected chi connectivity index (χ2v) is 5.72. The average Bonchev–Trinajstić information content (AvgIpc) is 2.60. The van der Waals surface area contributed by atoms with Crippen molar-refractivity contribution in [3.05, 3.63) is 41.8 Å². The van der Waals surface area contributed by atoms with Gasteiger partial charge in [-0.1, -0.05) is 11.8 Å². The van der Waals surface area contributed by atoms with Crippen LogP contribution in [0.2, 0.25) is 0 Å². The summed E-state index contributed by atoms with van der Waals surface area (Å²) < 4.78 is 12.9. The molecule has 132 valence electrons. The third kappa shape index (κ3) is 5.69. The highest BCUT2D eigenvalue weighted by Gasteiger charge is 2.16. The van der Waals surface area contributed by atoms with Crippen molar-refractivity contribution in [2.75, 3.05) is 29.5 Å². The van der Waals surface area contributed by atoms with E-state index >= 15 is 0 Å². The predicted molar refractivity (Wildman–Crippen MR) is 92.3 cm³/mol. The molecule has 5 N–H and O–H groups in total. The number of carbonyl (C=O) groups is 2. The molecule has 1 heterocycles. The van der Waals surface area contributed by atoms with Gasteiger partial charge in [-0.25, -0.2) is 14.4 Å². The third-order valence-corrected chi connectivity index (χ3v) is 3.72. The Labute approximate surface area is 147 Å². The number of anilines is 2. The van der Waals surface area contributed by atoms with E-state index in [1.807, 2.05) is 0 Å². The number of carboxylic acids is 1. The van der Waals surface area contributed by atoms with Crippen LogP contribution in [0.15, 0.2) is 35.6 Å². The lowest BCUT2D eigenvalue weighted by molar-refractivity contribution is -0.133. The molecule has 0 saturated heterocycles. The summed E-state index contributed by atoms with van der Waals surface area (Å²) >= 11 is 0.936. The Bertz CT molecular complexity index is 757. The number of nitrogens with zero attached hydrogens (tertiary/aromatic N) is 2. The number of thioether (sulfide) groups is 1. The summed E-state index contributed by atoms with van der Waals surface area (Å²) in [6, 6.07) is 5.31. The SMILES string of the molecule is NCCNc1nc(SCC(=O)O)ncc1C(=O)Nc1ccc(F)cc1. The van der Waals surface area contributed by atoms with E-state index in [-0.39, 0.29) is 22.3 Å². The first-order valence-electron chi connectivity index (χ1n) is 7.22. The molecule has 0 radical (unpaired) electrons. The van der Waals surface area contributed by atoms with Crippen LogP contribution in [0.5, 0.6) is 0 Å². The molecule has 0 bridgehead atoms. The molecule has 2 aromatic rings. The molecule has 1 aromatic carbocycles. The molecule has 0 aliphatic carbocycles. The number of nitrogens with one attached hydrogen (secondary N) is 2. The maximum absolute atomic E-state index is 12.9. The van der Waals surface area contributed by atoms with E-state index in [0.717, 1.165) is 11.8 Å². The molecule has 1 aromatic heterocycles.